The molecule has 136 valence electrons. The first-order chi connectivity index (χ1) is 12.1. The molecule has 1 aliphatic heterocycles. The minimum Gasteiger partial charge on any atom is -0.497 e. The molecule has 0 radical (unpaired) electrons. The van der Waals surface area contributed by atoms with Crippen LogP contribution in [0.1, 0.15) is 44.6 Å². The lowest BCUT2D eigenvalue weighted by molar-refractivity contribution is -0.131. The van der Waals surface area contributed by atoms with Crippen LogP contribution in [0.4, 0.5) is 0 Å². The summed E-state index contributed by atoms with van der Waals surface area (Å²) in [4.78, 5) is 25.0. The van der Waals surface area contributed by atoms with Crippen molar-refractivity contribution >= 4 is 17.4 Å². The normalized spacial score (nSPS) is 14.0. The van der Waals surface area contributed by atoms with Gasteiger partial charge in [-0.2, -0.15) is 0 Å². The van der Waals surface area contributed by atoms with Gasteiger partial charge in [0.2, 0.25) is 11.8 Å². The van der Waals surface area contributed by atoms with Gasteiger partial charge in [-0.1, -0.05) is 24.6 Å². The number of hydrogen-bond donors (Lipinski definition) is 1. The van der Waals surface area contributed by atoms with Gasteiger partial charge in [0.05, 0.1) is 7.11 Å². The summed E-state index contributed by atoms with van der Waals surface area (Å²) < 4.78 is 5.19. The number of rotatable bonds is 8. The number of methoxy groups -OCH3 is 1. The Labute approximate surface area is 150 Å². The SMILES string of the molecule is COc1ccc(C2=CCN(C(=O)CCCCCNC(C)=O)CC2)cc1. The van der Waals surface area contributed by atoms with E-state index in [0.29, 0.717) is 19.5 Å². The average molecular weight is 344 g/mol. The molecule has 5 nitrogen and oxygen atoms in total. The summed E-state index contributed by atoms with van der Waals surface area (Å²) in [7, 11) is 1.66. The van der Waals surface area contributed by atoms with E-state index in [1.54, 1.807) is 7.11 Å². The molecule has 1 heterocycles. The molecule has 2 rings (SSSR count). The molecule has 0 atom stereocenters. The Balaban J connectivity index is 1.71. The quantitative estimate of drug-likeness (QED) is 0.738. The summed E-state index contributed by atoms with van der Waals surface area (Å²) in [5.41, 5.74) is 2.49. The first kappa shape index (κ1) is 19.0. The Hall–Kier alpha value is -2.30. The van der Waals surface area contributed by atoms with Crippen LogP contribution in [0.5, 0.6) is 5.75 Å². The van der Waals surface area contributed by atoms with E-state index in [-0.39, 0.29) is 11.8 Å². The first-order valence-electron chi connectivity index (χ1n) is 8.96. The van der Waals surface area contributed by atoms with Crippen molar-refractivity contribution in [3.05, 3.63) is 35.9 Å². The third-order valence-corrected chi connectivity index (χ3v) is 4.46. The number of carbonyl (C=O) groups excluding carboxylic acids is 2. The highest BCUT2D eigenvalue weighted by Gasteiger charge is 2.17. The molecule has 1 aliphatic rings. The average Bonchev–Trinajstić information content (AvgIpc) is 2.64. The molecule has 5 heteroatoms. The van der Waals surface area contributed by atoms with Gasteiger partial charge in [-0.25, -0.2) is 0 Å². The van der Waals surface area contributed by atoms with E-state index in [2.05, 4.69) is 23.5 Å². The van der Waals surface area contributed by atoms with Gasteiger partial charge in [-0.05, 0) is 42.5 Å². The maximum Gasteiger partial charge on any atom is 0.222 e. The molecular formula is C20H28N2O3. The highest BCUT2D eigenvalue weighted by molar-refractivity contribution is 5.78. The number of carbonyl (C=O) groups is 2. The molecule has 0 aliphatic carbocycles. The number of benzene rings is 1. The van der Waals surface area contributed by atoms with E-state index in [9.17, 15) is 9.59 Å². The Bertz CT molecular complexity index is 608. The lowest BCUT2D eigenvalue weighted by atomic mass is 9.99. The number of ether oxygens (including phenoxy) is 1. The minimum atomic E-state index is 0.00356. The van der Waals surface area contributed by atoms with Gasteiger partial charge in [-0.3, -0.25) is 9.59 Å². The van der Waals surface area contributed by atoms with Crippen LogP contribution in [0.25, 0.3) is 5.57 Å². The van der Waals surface area contributed by atoms with Gasteiger partial charge < -0.3 is 15.0 Å². The van der Waals surface area contributed by atoms with Gasteiger partial charge in [0, 0.05) is 33.0 Å². The number of hydrogen-bond acceptors (Lipinski definition) is 3. The maximum absolute atomic E-state index is 12.3. The van der Waals surface area contributed by atoms with E-state index in [1.807, 2.05) is 17.0 Å². The van der Waals surface area contributed by atoms with Crippen LogP contribution in [-0.4, -0.2) is 43.5 Å². The van der Waals surface area contributed by atoms with E-state index in [0.717, 1.165) is 38.0 Å². The van der Waals surface area contributed by atoms with Gasteiger partial charge in [-0.15, -0.1) is 0 Å². The fourth-order valence-corrected chi connectivity index (χ4v) is 2.96. The standard InChI is InChI=1S/C20H28N2O3/c1-16(23)21-13-5-3-4-6-20(24)22-14-11-18(12-15-22)17-7-9-19(25-2)10-8-17/h7-11H,3-6,12-15H2,1-2H3,(H,21,23). The number of unbranched alkanes of at least 4 members (excludes halogenated alkanes) is 2. The van der Waals surface area contributed by atoms with E-state index >= 15 is 0 Å². The number of amides is 2. The number of nitrogens with zero attached hydrogens (tertiary/aromatic N) is 1. The van der Waals surface area contributed by atoms with Gasteiger partial charge in [0.1, 0.15) is 5.75 Å². The van der Waals surface area contributed by atoms with Crippen LogP contribution < -0.4 is 10.1 Å². The Morgan fingerprint density at radius 2 is 1.92 bits per heavy atom. The molecule has 1 N–H and O–H groups in total. The van der Waals surface area contributed by atoms with Crippen LogP contribution >= 0.6 is 0 Å². The van der Waals surface area contributed by atoms with Crippen molar-refractivity contribution in [2.75, 3.05) is 26.7 Å². The van der Waals surface area contributed by atoms with Crippen LogP contribution in [0.3, 0.4) is 0 Å². The zero-order valence-corrected chi connectivity index (χ0v) is 15.2. The highest BCUT2D eigenvalue weighted by Crippen LogP contribution is 2.24. The van der Waals surface area contributed by atoms with Crippen LogP contribution in [0.2, 0.25) is 0 Å². The molecule has 0 fully saturated rings. The lowest BCUT2D eigenvalue weighted by Crippen LogP contribution is -2.34. The summed E-state index contributed by atoms with van der Waals surface area (Å²) in [5.74, 6) is 1.09. The van der Waals surface area contributed by atoms with Crippen molar-refractivity contribution in [2.24, 2.45) is 0 Å². The zero-order valence-electron chi connectivity index (χ0n) is 15.2. The molecule has 2 amide bonds. The summed E-state index contributed by atoms with van der Waals surface area (Å²) in [6.07, 6.45) is 6.40. The third kappa shape index (κ3) is 6.25. The van der Waals surface area contributed by atoms with Gasteiger partial charge in [0.15, 0.2) is 0 Å². The predicted molar refractivity (Wildman–Crippen MR) is 99.3 cm³/mol. The van der Waals surface area contributed by atoms with Gasteiger partial charge in [0.25, 0.3) is 0 Å². The summed E-state index contributed by atoms with van der Waals surface area (Å²) in [5, 5.41) is 2.77. The second-order valence-corrected chi connectivity index (χ2v) is 6.34. The molecule has 0 aromatic heterocycles. The molecule has 0 saturated carbocycles. The van der Waals surface area contributed by atoms with E-state index in [1.165, 1.54) is 18.1 Å². The molecule has 0 bridgehead atoms. The highest BCUT2D eigenvalue weighted by atomic mass is 16.5. The van der Waals surface area contributed by atoms with Crippen molar-refractivity contribution in [3.63, 3.8) is 0 Å². The van der Waals surface area contributed by atoms with Crippen molar-refractivity contribution in [1.29, 1.82) is 0 Å². The molecule has 0 unspecified atom stereocenters. The van der Waals surface area contributed by atoms with Crippen molar-refractivity contribution in [3.8, 4) is 5.75 Å². The maximum atomic E-state index is 12.3. The zero-order chi connectivity index (χ0) is 18.1. The molecular weight excluding hydrogens is 316 g/mol. The molecule has 25 heavy (non-hydrogen) atoms. The fourth-order valence-electron chi connectivity index (χ4n) is 2.96. The summed E-state index contributed by atoms with van der Waals surface area (Å²) >= 11 is 0. The monoisotopic (exact) mass is 344 g/mol. The van der Waals surface area contributed by atoms with E-state index in [4.69, 9.17) is 4.74 Å². The molecule has 1 aromatic rings. The first-order valence-corrected chi connectivity index (χ1v) is 8.96. The second-order valence-electron chi connectivity index (χ2n) is 6.34. The molecule has 0 spiro atoms. The number of nitrogens with one attached hydrogen (secondary N) is 1. The predicted octanol–water partition coefficient (Wildman–Crippen LogP) is 3.01. The molecule has 0 saturated heterocycles. The summed E-state index contributed by atoms with van der Waals surface area (Å²) in [6, 6.07) is 8.07. The third-order valence-electron chi connectivity index (χ3n) is 4.46. The van der Waals surface area contributed by atoms with Crippen LogP contribution in [0.15, 0.2) is 30.3 Å². The van der Waals surface area contributed by atoms with Crippen molar-refractivity contribution in [2.45, 2.75) is 39.0 Å². The molecule has 1 aromatic carbocycles. The smallest absolute Gasteiger partial charge is 0.222 e. The largest absolute Gasteiger partial charge is 0.497 e. The Morgan fingerprint density at radius 3 is 2.52 bits per heavy atom. The second kappa shape index (κ2) is 9.87. The summed E-state index contributed by atoms with van der Waals surface area (Å²) in [6.45, 7) is 3.68. The van der Waals surface area contributed by atoms with Crippen molar-refractivity contribution in [1.82, 2.24) is 10.2 Å². The Kier molecular flexibility index (Phi) is 7.51. The van der Waals surface area contributed by atoms with Crippen LogP contribution in [0, 0.1) is 0 Å². The topological polar surface area (TPSA) is 58.6 Å². The van der Waals surface area contributed by atoms with E-state index < -0.39 is 0 Å². The fraction of sp³-hybridized carbons (Fsp3) is 0.500. The Morgan fingerprint density at radius 1 is 1.16 bits per heavy atom. The van der Waals surface area contributed by atoms with Crippen molar-refractivity contribution < 1.29 is 14.3 Å². The van der Waals surface area contributed by atoms with Gasteiger partial charge >= 0.3 is 0 Å². The lowest BCUT2D eigenvalue weighted by Gasteiger charge is -2.27. The van der Waals surface area contributed by atoms with Crippen LogP contribution in [-0.2, 0) is 9.59 Å². The minimum absolute atomic E-state index is 0.00356.